The monoisotopic (exact) mass is 381 g/mol. The Labute approximate surface area is 167 Å². The highest BCUT2D eigenvalue weighted by atomic mass is 16.1. The predicted octanol–water partition coefficient (Wildman–Crippen LogP) is 3.45. The van der Waals surface area contributed by atoms with Crippen molar-refractivity contribution in [1.82, 2.24) is 19.7 Å². The van der Waals surface area contributed by atoms with Gasteiger partial charge in [0.25, 0.3) is 5.56 Å². The number of anilines is 1. The largest absolute Gasteiger partial charge is 0.368 e. The van der Waals surface area contributed by atoms with E-state index in [1.54, 1.807) is 0 Å². The van der Waals surface area contributed by atoms with E-state index in [1.165, 1.54) is 5.39 Å². The van der Waals surface area contributed by atoms with Crippen LogP contribution in [0, 0.1) is 0 Å². The van der Waals surface area contributed by atoms with Gasteiger partial charge in [-0.3, -0.25) is 14.6 Å². The minimum absolute atomic E-state index is 0.0139. The van der Waals surface area contributed by atoms with Gasteiger partial charge in [0.15, 0.2) is 5.82 Å². The van der Waals surface area contributed by atoms with E-state index < -0.39 is 0 Å². The van der Waals surface area contributed by atoms with Gasteiger partial charge in [-0.1, -0.05) is 72.8 Å². The summed E-state index contributed by atoms with van der Waals surface area (Å²) in [6, 6.07) is 24.5. The molecule has 6 nitrogen and oxygen atoms in total. The molecule has 3 aromatic rings. The maximum Gasteiger partial charge on any atom is 0.285 e. The lowest BCUT2D eigenvalue weighted by Crippen LogP contribution is -2.17. The number of H-pyrrole nitrogens is 1. The molecule has 0 fully saturated rings. The maximum absolute atomic E-state index is 12.7. The summed E-state index contributed by atoms with van der Waals surface area (Å²) < 4.78 is 1.87. The molecule has 0 amide bonds. The van der Waals surface area contributed by atoms with Crippen molar-refractivity contribution in [2.24, 2.45) is 0 Å². The third kappa shape index (κ3) is 3.14. The number of nitrogens with two attached hydrogens (primary N) is 1. The molecule has 3 aromatic carbocycles. The normalized spacial score (nSPS) is 11.3. The molecule has 6 heteroatoms. The van der Waals surface area contributed by atoms with Crippen molar-refractivity contribution in [3.63, 3.8) is 0 Å². The van der Waals surface area contributed by atoms with Gasteiger partial charge in [-0.25, -0.2) is 0 Å². The Morgan fingerprint density at radius 1 is 0.897 bits per heavy atom. The fourth-order valence-corrected chi connectivity index (χ4v) is 3.82. The summed E-state index contributed by atoms with van der Waals surface area (Å²) in [4.78, 5) is 20.9. The number of nitrogen functional groups attached to an aromatic ring is 1. The van der Waals surface area contributed by atoms with Crippen molar-refractivity contribution in [2.75, 3.05) is 5.73 Å². The number of aromatic amines is 1. The van der Waals surface area contributed by atoms with E-state index in [0.717, 1.165) is 22.2 Å². The lowest BCUT2D eigenvalue weighted by atomic mass is 9.99. The van der Waals surface area contributed by atoms with Crippen molar-refractivity contribution in [3.05, 3.63) is 100.0 Å². The van der Waals surface area contributed by atoms with Crippen molar-refractivity contribution < 1.29 is 0 Å². The molecule has 2 aliphatic rings. The van der Waals surface area contributed by atoms with Crippen LogP contribution in [-0.4, -0.2) is 19.7 Å². The minimum atomic E-state index is -0.356. The van der Waals surface area contributed by atoms with Crippen LogP contribution in [0.1, 0.15) is 16.8 Å². The van der Waals surface area contributed by atoms with Crippen LogP contribution in [0.3, 0.4) is 0 Å². The van der Waals surface area contributed by atoms with Gasteiger partial charge in [-0.2, -0.15) is 9.97 Å². The number of nitrogens with zero attached hydrogens (tertiary/aromatic N) is 3. The average molecular weight is 381 g/mol. The predicted molar refractivity (Wildman–Crippen MR) is 114 cm³/mol. The molecule has 0 aliphatic carbocycles. The molecule has 0 saturated heterocycles. The van der Waals surface area contributed by atoms with Crippen LogP contribution in [-0.2, 0) is 13.0 Å². The topological polar surface area (TPSA) is 89.6 Å². The number of fused-ring (bicyclic) bond motifs is 2. The molecule has 0 atom stereocenters. The van der Waals surface area contributed by atoms with Crippen LogP contribution in [0.25, 0.3) is 22.2 Å². The van der Waals surface area contributed by atoms with E-state index in [4.69, 9.17) is 5.73 Å². The SMILES string of the molecule is Nc1nc2n(Cc3ccccc3)[nH]c(Cc3cccc4ccccc34)c-2c(=O)n1. The Morgan fingerprint density at radius 3 is 2.52 bits per heavy atom. The average Bonchev–Trinajstić information content (AvgIpc) is 3.06. The van der Waals surface area contributed by atoms with Crippen LogP contribution in [0.2, 0.25) is 0 Å². The number of hydrogen-bond acceptors (Lipinski definition) is 4. The molecule has 0 spiro atoms. The Hall–Kier alpha value is -3.93. The molecule has 0 bridgehead atoms. The summed E-state index contributed by atoms with van der Waals surface area (Å²) in [7, 11) is 0. The maximum atomic E-state index is 12.7. The number of aromatic nitrogens is 4. The van der Waals surface area contributed by atoms with E-state index in [2.05, 4.69) is 39.3 Å². The van der Waals surface area contributed by atoms with Crippen molar-refractivity contribution in [3.8, 4) is 11.4 Å². The third-order valence-corrected chi connectivity index (χ3v) is 5.13. The zero-order chi connectivity index (χ0) is 19.8. The van der Waals surface area contributed by atoms with Crippen molar-refractivity contribution in [2.45, 2.75) is 13.0 Å². The molecule has 2 heterocycles. The standard InChI is InChI=1S/C23H19N5O/c24-23-25-21-20(22(29)26-23)19(27-28(21)14-15-7-2-1-3-8-15)13-17-11-6-10-16-9-4-5-12-18(16)17/h1-12,27H,13-14H2,(H2,24,26,29). The second-order valence-corrected chi connectivity index (χ2v) is 7.06. The Kier molecular flexibility index (Phi) is 4.09. The van der Waals surface area contributed by atoms with Gasteiger partial charge >= 0.3 is 0 Å². The summed E-state index contributed by atoms with van der Waals surface area (Å²) in [6.07, 6.45) is 0.572. The molecular weight excluding hydrogens is 362 g/mol. The van der Waals surface area contributed by atoms with Gasteiger partial charge in [0, 0.05) is 6.42 Å². The summed E-state index contributed by atoms with van der Waals surface area (Å²) >= 11 is 0. The quantitative estimate of drug-likeness (QED) is 0.499. The van der Waals surface area contributed by atoms with E-state index in [0.29, 0.717) is 24.4 Å². The number of hydrogen-bond donors (Lipinski definition) is 2. The molecule has 0 aromatic heterocycles. The molecule has 5 rings (SSSR count). The second kappa shape index (κ2) is 6.91. The fraction of sp³-hybridized carbons (Fsp3) is 0.0870. The lowest BCUT2D eigenvalue weighted by molar-refractivity contribution is 0.674. The zero-order valence-corrected chi connectivity index (χ0v) is 15.7. The first-order valence-electron chi connectivity index (χ1n) is 9.44. The van der Waals surface area contributed by atoms with Crippen LogP contribution in [0.15, 0.2) is 77.6 Å². The van der Waals surface area contributed by atoms with Crippen LogP contribution in [0.5, 0.6) is 0 Å². The lowest BCUT2D eigenvalue weighted by Gasteiger charge is -2.06. The number of benzene rings is 3. The van der Waals surface area contributed by atoms with Crippen molar-refractivity contribution >= 4 is 16.7 Å². The molecule has 29 heavy (non-hydrogen) atoms. The summed E-state index contributed by atoms with van der Waals surface area (Å²) in [5, 5.41) is 5.71. The first-order chi connectivity index (χ1) is 14.2. The van der Waals surface area contributed by atoms with E-state index >= 15 is 0 Å². The van der Waals surface area contributed by atoms with Crippen LogP contribution < -0.4 is 11.3 Å². The van der Waals surface area contributed by atoms with Crippen LogP contribution in [0.4, 0.5) is 5.95 Å². The Morgan fingerprint density at radius 2 is 1.66 bits per heavy atom. The highest BCUT2D eigenvalue weighted by molar-refractivity contribution is 5.86. The number of rotatable bonds is 4. The van der Waals surface area contributed by atoms with Gasteiger partial charge in [0.2, 0.25) is 5.95 Å². The van der Waals surface area contributed by atoms with Gasteiger partial charge < -0.3 is 5.73 Å². The van der Waals surface area contributed by atoms with Gasteiger partial charge in [0.05, 0.1) is 12.2 Å². The van der Waals surface area contributed by atoms with Gasteiger partial charge in [-0.15, -0.1) is 0 Å². The summed E-state index contributed by atoms with van der Waals surface area (Å²) in [5.74, 6) is 0.515. The van der Waals surface area contributed by atoms with Gasteiger partial charge in [-0.05, 0) is 21.9 Å². The Balaban J connectivity index is 1.64. The van der Waals surface area contributed by atoms with E-state index in [1.807, 2.05) is 53.2 Å². The van der Waals surface area contributed by atoms with Crippen LogP contribution >= 0.6 is 0 Å². The van der Waals surface area contributed by atoms with Gasteiger partial charge in [0.1, 0.15) is 5.56 Å². The van der Waals surface area contributed by atoms with E-state index in [9.17, 15) is 4.79 Å². The molecule has 3 N–H and O–H groups in total. The summed E-state index contributed by atoms with van der Waals surface area (Å²) in [6.45, 7) is 0.558. The van der Waals surface area contributed by atoms with E-state index in [-0.39, 0.29) is 11.5 Å². The summed E-state index contributed by atoms with van der Waals surface area (Å²) in [5.41, 5.74) is 8.93. The molecule has 0 unspecified atom stereocenters. The molecular formula is C23H19N5O. The third-order valence-electron chi connectivity index (χ3n) is 5.13. The highest BCUT2D eigenvalue weighted by Crippen LogP contribution is 2.27. The Bertz CT molecular complexity index is 1330. The molecule has 142 valence electrons. The number of nitrogens with one attached hydrogen (secondary N) is 1. The molecule has 0 radical (unpaired) electrons. The minimum Gasteiger partial charge on any atom is -0.368 e. The first kappa shape index (κ1) is 17.2. The molecule has 0 saturated carbocycles. The van der Waals surface area contributed by atoms with Crippen molar-refractivity contribution in [1.29, 1.82) is 0 Å². The zero-order valence-electron chi connectivity index (χ0n) is 15.7. The highest BCUT2D eigenvalue weighted by Gasteiger charge is 2.23. The second-order valence-electron chi connectivity index (χ2n) is 7.06. The fourth-order valence-electron chi connectivity index (χ4n) is 3.82. The smallest absolute Gasteiger partial charge is 0.285 e. The molecule has 2 aliphatic heterocycles. The first-order valence-corrected chi connectivity index (χ1v) is 9.44.